The molecule has 0 spiro atoms. The van der Waals surface area contributed by atoms with Gasteiger partial charge in [-0.3, -0.25) is 0 Å². The van der Waals surface area contributed by atoms with Crippen LogP contribution >= 0.6 is 0 Å². The summed E-state index contributed by atoms with van der Waals surface area (Å²) < 4.78 is 94.6. The predicted molar refractivity (Wildman–Crippen MR) is 68.8 cm³/mol. The second-order valence-electron chi connectivity index (χ2n) is 4.98. The van der Waals surface area contributed by atoms with Crippen molar-refractivity contribution in [3.8, 4) is 11.5 Å². The van der Waals surface area contributed by atoms with Crippen molar-refractivity contribution < 1.29 is 40.9 Å². The molecule has 9 heteroatoms. The van der Waals surface area contributed by atoms with Gasteiger partial charge >= 0.3 is 0 Å². The second kappa shape index (κ2) is 6.21. The number of hydrogen-bond donors (Lipinski definition) is 2. The lowest BCUT2D eigenvalue weighted by atomic mass is 9.75. The summed E-state index contributed by atoms with van der Waals surface area (Å²) in [6, 6.07) is 0.972. The summed E-state index contributed by atoms with van der Waals surface area (Å²) in [4.78, 5) is 0. The van der Waals surface area contributed by atoms with Crippen molar-refractivity contribution in [1.29, 1.82) is 0 Å². The summed E-state index contributed by atoms with van der Waals surface area (Å²) in [7, 11) is 0. The van der Waals surface area contributed by atoms with Gasteiger partial charge in [0.25, 0.3) is 6.43 Å². The SMILES string of the molecule is Oc1c(F)cc(C(CF)(c2cc(F)c(O)c(F)c2)C(F)F)cc1F. The molecule has 2 rings (SSSR count). The van der Waals surface area contributed by atoms with Gasteiger partial charge in [-0.25, -0.2) is 30.7 Å². The Morgan fingerprint density at radius 3 is 1.25 bits per heavy atom. The second-order valence-corrected chi connectivity index (χ2v) is 4.98. The average molecular weight is 354 g/mol. The molecule has 0 amide bonds. The summed E-state index contributed by atoms with van der Waals surface area (Å²) >= 11 is 0. The van der Waals surface area contributed by atoms with Crippen LogP contribution in [-0.4, -0.2) is 23.3 Å². The van der Waals surface area contributed by atoms with Crippen molar-refractivity contribution in [1.82, 2.24) is 0 Å². The standard InChI is InChI=1S/C15H9F7O2/c16-5-15(14(21)22,6-1-8(17)12(23)9(18)2-6)7-3-10(19)13(24)11(20)4-7/h1-4,14,23-24H,5H2. The number of hydrogen-bond acceptors (Lipinski definition) is 2. The first-order valence-electron chi connectivity index (χ1n) is 6.36. The molecule has 0 aromatic heterocycles. The van der Waals surface area contributed by atoms with Crippen molar-refractivity contribution in [2.24, 2.45) is 0 Å². The maximum Gasteiger partial charge on any atom is 0.254 e. The lowest BCUT2D eigenvalue weighted by molar-refractivity contribution is 0.0554. The van der Waals surface area contributed by atoms with Crippen LogP contribution in [0.2, 0.25) is 0 Å². The molecule has 130 valence electrons. The summed E-state index contributed by atoms with van der Waals surface area (Å²) in [5.41, 5.74) is -5.06. The molecule has 0 radical (unpaired) electrons. The Kier molecular flexibility index (Phi) is 4.63. The molecule has 0 atom stereocenters. The van der Waals surface area contributed by atoms with E-state index in [2.05, 4.69) is 0 Å². The third-order valence-electron chi connectivity index (χ3n) is 3.65. The molecule has 0 fully saturated rings. The van der Waals surface area contributed by atoms with E-state index < -0.39 is 64.4 Å². The molecule has 0 saturated heterocycles. The van der Waals surface area contributed by atoms with Crippen LogP contribution in [0.1, 0.15) is 11.1 Å². The number of alkyl halides is 3. The van der Waals surface area contributed by atoms with Gasteiger partial charge in [-0.1, -0.05) is 0 Å². The van der Waals surface area contributed by atoms with Crippen LogP contribution in [0.15, 0.2) is 24.3 Å². The molecule has 0 heterocycles. The van der Waals surface area contributed by atoms with E-state index in [-0.39, 0.29) is 24.3 Å². The minimum absolute atomic E-state index is 0.243. The van der Waals surface area contributed by atoms with Crippen molar-refractivity contribution in [3.05, 3.63) is 58.7 Å². The van der Waals surface area contributed by atoms with Crippen LogP contribution in [0.25, 0.3) is 0 Å². The Balaban J connectivity index is 2.82. The number of phenols is 2. The van der Waals surface area contributed by atoms with E-state index in [4.69, 9.17) is 10.2 Å². The average Bonchev–Trinajstić information content (AvgIpc) is 2.51. The first-order chi connectivity index (χ1) is 11.1. The molecule has 2 aromatic carbocycles. The third-order valence-corrected chi connectivity index (χ3v) is 3.65. The molecule has 2 aromatic rings. The molecule has 2 nitrogen and oxygen atoms in total. The Hall–Kier alpha value is -2.45. The molecule has 24 heavy (non-hydrogen) atoms. The lowest BCUT2D eigenvalue weighted by Crippen LogP contribution is -2.38. The summed E-state index contributed by atoms with van der Waals surface area (Å²) in [6.45, 7) is -1.96. The largest absolute Gasteiger partial charge is 0.503 e. The highest BCUT2D eigenvalue weighted by Crippen LogP contribution is 2.42. The summed E-state index contributed by atoms with van der Waals surface area (Å²) in [5, 5.41) is 18.0. The molecular formula is C15H9F7O2. The van der Waals surface area contributed by atoms with Crippen molar-refractivity contribution in [2.45, 2.75) is 11.8 Å². The van der Waals surface area contributed by atoms with Gasteiger partial charge in [-0.15, -0.1) is 0 Å². The van der Waals surface area contributed by atoms with E-state index in [1.807, 2.05) is 0 Å². The van der Waals surface area contributed by atoms with Crippen molar-refractivity contribution in [2.75, 3.05) is 6.67 Å². The highest BCUT2D eigenvalue weighted by Gasteiger charge is 2.45. The Morgan fingerprint density at radius 1 is 0.750 bits per heavy atom. The molecule has 0 aliphatic carbocycles. The third kappa shape index (κ3) is 2.63. The van der Waals surface area contributed by atoms with E-state index in [9.17, 15) is 30.7 Å². The summed E-state index contributed by atoms with van der Waals surface area (Å²) in [6.07, 6.45) is -3.66. The van der Waals surface area contributed by atoms with Crippen LogP contribution < -0.4 is 0 Å². The molecule has 0 aliphatic heterocycles. The van der Waals surface area contributed by atoms with E-state index in [1.54, 1.807) is 0 Å². The zero-order valence-electron chi connectivity index (χ0n) is 11.6. The smallest absolute Gasteiger partial charge is 0.254 e. The molecule has 0 aliphatic rings. The van der Waals surface area contributed by atoms with Crippen LogP contribution in [0.5, 0.6) is 11.5 Å². The fraction of sp³-hybridized carbons (Fsp3) is 0.200. The minimum Gasteiger partial charge on any atom is -0.503 e. The minimum atomic E-state index is -3.66. The zero-order valence-corrected chi connectivity index (χ0v) is 11.6. The lowest BCUT2D eigenvalue weighted by Gasteiger charge is -2.31. The van der Waals surface area contributed by atoms with Crippen LogP contribution in [0.4, 0.5) is 30.7 Å². The van der Waals surface area contributed by atoms with Crippen LogP contribution in [0, 0.1) is 23.3 Å². The van der Waals surface area contributed by atoms with Gasteiger partial charge in [-0.2, -0.15) is 0 Å². The zero-order chi connectivity index (χ0) is 18.2. The molecular weight excluding hydrogens is 345 g/mol. The summed E-state index contributed by atoms with van der Waals surface area (Å²) in [5.74, 6) is -9.54. The van der Waals surface area contributed by atoms with E-state index in [0.29, 0.717) is 0 Å². The number of aromatic hydroxyl groups is 2. The highest BCUT2D eigenvalue weighted by atomic mass is 19.3. The van der Waals surface area contributed by atoms with Gasteiger partial charge in [0.15, 0.2) is 34.8 Å². The van der Waals surface area contributed by atoms with Gasteiger partial charge in [0.2, 0.25) is 0 Å². The van der Waals surface area contributed by atoms with Gasteiger partial charge in [-0.05, 0) is 35.4 Å². The van der Waals surface area contributed by atoms with Gasteiger partial charge in [0.05, 0.1) is 0 Å². The van der Waals surface area contributed by atoms with Crippen molar-refractivity contribution >= 4 is 0 Å². The molecule has 2 N–H and O–H groups in total. The van der Waals surface area contributed by atoms with Crippen LogP contribution in [-0.2, 0) is 5.41 Å². The Bertz CT molecular complexity index is 673. The number of rotatable bonds is 4. The van der Waals surface area contributed by atoms with Gasteiger partial charge < -0.3 is 10.2 Å². The highest BCUT2D eigenvalue weighted by molar-refractivity contribution is 5.46. The maximum absolute atomic E-state index is 13.6. The first kappa shape index (κ1) is 17.9. The predicted octanol–water partition coefficient (Wildman–Crippen LogP) is 4.17. The topological polar surface area (TPSA) is 40.5 Å². The van der Waals surface area contributed by atoms with Crippen LogP contribution in [0.3, 0.4) is 0 Å². The monoisotopic (exact) mass is 354 g/mol. The van der Waals surface area contributed by atoms with E-state index in [0.717, 1.165) is 0 Å². The maximum atomic E-state index is 13.6. The van der Waals surface area contributed by atoms with Gasteiger partial charge in [0.1, 0.15) is 12.1 Å². The molecule has 0 bridgehead atoms. The van der Waals surface area contributed by atoms with Crippen molar-refractivity contribution in [3.63, 3.8) is 0 Å². The number of benzene rings is 2. The molecule has 0 unspecified atom stereocenters. The normalized spacial score (nSPS) is 12.0. The fourth-order valence-corrected chi connectivity index (χ4v) is 2.28. The van der Waals surface area contributed by atoms with E-state index in [1.165, 1.54) is 0 Å². The van der Waals surface area contributed by atoms with E-state index >= 15 is 0 Å². The first-order valence-corrected chi connectivity index (χ1v) is 6.36. The number of phenolic OH excluding ortho intramolecular Hbond substituents is 2. The van der Waals surface area contributed by atoms with Gasteiger partial charge in [0, 0.05) is 0 Å². The quantitative estimate of drug-likeness (QED) is 0.809. The Labute approximate surface area is 130 Å². The molecule has 0 saturated carbocycles. The number of halogens is 7. The fourth-order valence-electron chi connectivity index (χ4n) is 2.28. The Morgan fingerprint density at radius 2 is 1.04 bits per heavy atom.